The first-order valence-electron chi connectivity index (χ1n) is 9.47. The smallest absolute Gasteiger partial charge is 0.243 e. The standard InChI is InChI=1S/C19H32N4O2S.HI/c1-16(2)10-11-21-19(20-3)22-15-17-8-7-9-18(14-17)26(24,25)23-12-5-4-6-13-23;/h7-9,14,16H,4-6,10-13,15H2,1-3H3,(H2,20,21,22);1H. The molecule has 1 aliphatic rings. The number of sulfonamides is 1. The van der Waals surface area contributed by atoms with Gasteiger partial charge in [0.15, 0.2) is 5.96 Å². The molecule has 154 valence electrons. The van der Waals surface area contributed by atoms with E-state index in [9.17, 15) is 8.42 Å². The molecule has 0 radical (unpaired) electrons. The van der Waals surface area contributed by atoms with Crippen molar-refractivity contribution in [1.82, 2.24) is 14.9 Å². The first-order chi connectivity index (χ1) is 12.4. The molecule has 1 heterocycles. The number of rotatable bonds is 7. The topological polar surface area (TPSA) is 73.8 Å². The van der Waals surface area contributed by atoms with Gasteiger partial charge in [0, 0.05) is 33.2 Å². The zero-order chi connectivity index (χ0) is 19.0. The maximum absolute atomic E-state index is 12.8. The van der Waals surface area contributed by atoms with E-state index in [0.717, 1.165) is 43.8 Å². The van der Waals surface area contributed by atoms with Crippen LogP contribution in [0.5, 0.6) is 0 Å². The van der Waals surface area contributed by atoms with Crippen LogP contribution in [0.2, 0.25) is 0 Å². The number of nitrogens with zero attached hydrogens (tertiary/aromatic N) is 2. The molecule has 2 rings (SSSR count). The lowest BCUT2D eigenvalue weighted by molar-refractivity contribution is 0.346. The number of nitrogens with one attached hydrogen (secondary N) is 2. The lowest BCUT2D eigenvalue weighted by atomic mass is 10.1. The molecule has 1 aromatic carbocycles. The SMILES string of the molecule is CN=C(NCCC(C)C)NCc1cccc(S(=O)(=O)N2CCCCC2)c1.I. The van der Waals surface area contributed by atoms with Crippen molar-refractivity contribution < 1.29 is 8.42 Å². The van der Waals surface area contributed by atoms with Crippen LogP contribution in [-0.4, -0.2) is 45.4 Å². The molecular formula is C19H33IN4O2S. The van der Waals surface area contributed by atoms with Crippen LogP contribution in [0.25, 0.3) is 0 Å². The molecule has 2 N–H and O–H groups in total. The number of halogens is 1. The van der Waals surface area contributed by atoms with E-state index in [1.165, 1.54) is 0 Å². The van der Waals surface area contributed by atoms with Gasteiger partial charge in [-0.05, 0) is 42.9 Å². The number of hydrogen-bond donors (Lipinski definition) is 2. The van der Waals surface area contributed by atoms with Gasteiger partial charge in [-0.1, -0.05) is 32.4 Å². The molecule has 0 spiro atoms. The molecule has 1 fully saturated rings. The van der Waals surface area contributed by atoms with Gasteiger partial charge in [-0.3, -0.25) is 4.99 Å². The molecule has 6 nitrogen and oxygen atoms in total. The van der Waals surface area contributed by atoms with Crippen molar-refractivity contribution in [2.75, 3.05) is 26.7 Å². The Morgan fingerprint density at radius 2 is 1.89 bits per heavy atom. The molecule has 0 bridgehead atoms. The summed E-state index contributed by atoms with van der Waals surface area (Å²) in [6, 6.07) is 7.19. The summed E-state index contributed by atoms with van der Waals surface area (Å²) in [4.78, 5) is 4.59. The summed E-state index contributed by atoms with van der Waals surface area (Å²) in [6.45, 7) is 7.01. The second kappa shape index (κ2) is 11.9. The Morgan fingerprint density at radius 1 is 1.19 bits per heavy atom. The van der Waals surface area contributed by atoms with Gasteiger partial charge in [-0.15, -0.1) is 24.0 Å². The van der Waals surface area contributed by atoms with Crippen molar-refractivity contribution in [2.45, 2.75) is 51.0 Å². The van der Waals surface area contributed by atoms with E-state index < -0.39 is 10.0 Å². The average molecular weight is 508 g/mol. The number of hydrogen-bond acceptors (Lipinski definition) is 3. The fourth-order valence-electron chi connectivity index (χ4n) is 2.96. The van der Waals surface area contributed by atoms with Crippen LogP contribution in [0.3, 0.4) is 0 Å². The molecule has 1 aliphatic heterocycles. The highest BCUT2D eigenvalue weighted by Crippen LogP contribution is 2.21. The van der Waals surface area contributed by atoms with E-state index in [2.05, 4.69) is 29.5 Å². The molecule has 0 aromatic heterocycles. The van der Waals surface area contributed by atoms with Crippen LogP contribution in [-0.2, 0) is 16.6 Å². The molecule has 8 heteroatoms. The third kappa shape index (κ3) is 7.57. The monoisotopic (exact) mass is 508 g/mol. The first kappa shape index (κ1) is 24.2. The summed E-state index contributed by atoms with van der Waals surface area (Å²) in [6.07, 6.45) is 4.07. The van der Waals surface area contributed by atoms with Crippen LogP contribution in [0, 0.1) is 5.92 Å². The third-order valence-corrected chi connectivity index (χ3v) is 6.44. The molecule has 1 saturated heterocycles. The van der Waals surface area contributed by atoms with Crippen molar-refractivity contribution >= 4 is 40.0 Å². The van der Waals surface area contributed by atoms with Crippen LogP contribution in [0.15, 0.2) is 34.2 Å². The van der Waals surface area contributed by atoms with Crippen LogP contribution >= 0.6 is 24.0 Å². The molecule has 0 saturated carbocycles. The second-order valence-corrected chi connectivity index (χ2v) is 9.09. The van der Waals surface area contributed by atoms with Crippen molar-refractivity contribution in [3.63, 3.8) is 0 Å². The highest BCUT2D eigenvalue weighted by Gasteiger charge is 2.25. The van der Waals surface area contributed by atoms with E-state index in [4.69, 9.17) is 0 Å². The fraction of sp³-hybridized carbons (Fsp3) is 0.632. The Hall–Kier alpha value is -0.870. The zero-order valence-corrected chi connectivity index (χ0v) is 19.7. The number of guanidine groups is 1. The summed E-state index contributed by atoms with van der Waals surface area (Å²) in [5.41, 5.74) is 0.926. The molecule has 0 aliphatic carbocycles. The fourth-order valence-corrected chi connectivity index (χ4v) is 4.54. The highest BCUT2D eigenvalue weighted by molar-refractivity contribution is 14.0. The third-order valence-electron chi connectivity index (χ3n) is 4.55. The van der Waals surface area contributed by atoms with Crippen LogP contribution in [0.4, 0.5) is 0 Å². The summed E-state index contributed by atoms with van der Waals surface area (Å²) in [5, 5.41) is 6.53. The first-order valence-corrected chi connectivity index (χ1v) is 10.9. The van der Waals surface area contributed by atoms with Gasteiger partial charge in [0.25, 0.3) is 0 Å². The number of piperidine rings is 1. The Morgan fingerprint density at radius 3 is 2.52 bits per heavy atom. The maximum atomic E-state index is 12.8. The molecular weight excluding hydrogens is 475 g/mol. The van der Waals surface area contributed by atoms with E-state index in [1.54, 1.807) is 23.5 Å². The normalized spacial score (nSPS) is 16.1. The highest BCUT2D eigenvalue weighted by atomic mass is 127. The Labute approximate surface area is 181 Å². The number of benzene rings is 1. The summed E-state index contributed by atoms with van der Waals surface area (Å²) in [7, 11) is -1.65. The molecule has 0 amide bonds. The maximum Gasteiger partial charge on any atom is 0.243 e. The van der Waals surface area contributed by atoms with Gasteiger partial charge in [-0.2, -0.15) is 4.31 Å². The van der Waals surface area contributed by atoms with Crippen molar-refractivity contribution in [3.05, 3.63) is 29.8 Å². The van der Waals surface area contributed by atoms with Gasteiger partial charge in [0.2, 0.25) is 10.0 Å². The molecule has 0 atom stereocenters. The zero-order valence-electron chi connectivity index (χ0n) is 16.6. The summed E-state index contributed by atoms with van der Waals surface area (Å²) >= 11 is 0. The van der Waals surface area contributed by atoms with Gasteiger partial charge in [0.1, 0.15) is 0 Å². The predicted octanol–water partition coefficient (Wildman–Crippen LogP) is 3.19. The second-order valence-electron chi connectivity index (χ2n) is 7.15. The lowest BCUT2D eigenvalue weighted by Crippen LogP contribution is -2.37. The predicted molar refractivity (Wildman–Crippen MR) is 122 cm³/mol. The van der Waals surface area contributed by atoms with Crippen LogP contribution < -0.4 is 10.6 Å². The largest absolute Gasteiger partial charge is 0.356 e. The molecule has 27 heavy (non-hydrogen) atoms. The van der Waals surface area contributed by atoms with Crippen molar-refractivity contribution in [2.24, 2.45) is 10.9 Å². The lowest BCUT2D eigenvalue weighted by Gasteiger charge is -2.26. The van der Waals surface area contributed by atoms with Gasteiger partial charge >= 0.3 is 0 Å². The van der Waals surface area contributed by atoms with Gasteiger partial charge in [0.05, 0.1) is 4.90 Å². The Balaban J connectivity index is 0.00000364. The summed E-state index contributed by atoms with van der Waals surface area (Å²) in [5.74, 6) is 1.37. The van der Waals surface area contributed by atoms with E-state index >= 15 is 0 Å². The number of aliphatic imine (C=N–C) groups is 1. The molecule has 0 unspecified atom stereocenters. The minimum Gasteiger partial charge on any atom is -0.356 e. The minimum absolute atomic E-state index is 0. The Kier molecular flexibility index (Phi) is 10.6. The van der Waals surface area contributed by atoms with Gasteiger partial charge in [-0.25, -0.2) is 8.42 Å². The van der Waals surface area contributed by atoms with E-state index in [-0.39, 0.29) is 24.0 Å². The van der Waals surface area contributed by atoms with Gasteiger partial charge < -0.3 is 10.6 Å². The molecule has 1 aromatic rings. The van der Waals surface area contributed by atoms with E-state index in [0.29, 0.717) is 30.4 Å². The van der Waals surface area contributed by atoms with E-state index in [1.807, 2.05) is 12.1 Å². The Bertz CT molecular complexity index is 701. The van der Waals surface area contributed by atoms with Crippen molar-refractivity contribution in [3.8, 4) is 0 Å². The minimum atomic E-state index is -3.39. The van der Waals surface area contributed by atoms with Crippen molar-refractivity contribution in [1.29, 1.82) is 0 Å². The summed E-state index contributed by atoms with van der Waals surface area (Å²) < 4.78 is 27.2. The van der Waals surface area contributed by atoms with Crippen LogP contribution in [0.1, 0.15) is 45.1 Å². The average Bonchev–Trinajstić information content (AvgIpc) is 2.65. The quantitative estimate of drug-likeness (QED) is 0.337.